The van der Waals surface area contributed by atoms with E-state index >= 15 is 0 Å². The molecule has 0 amide bonds. The lowest BCUT2D eigenvalue weighted by Crippen LogP contribution is -1.97. The van der Waals surface area contributed by atoms with Gasteiger partial charge in [-0.15, -0.1) is 16.7 Å². The van der Waals surface area contributed by atoms with E-state index in [9.17, 15) is 4.39 Å². The molecule has 2 rings (SSSR count). The summed E-state index contributed by atoms with van der Waals surface area (Å²) in [7, 11) is 1.68. The van der Waals surface area contributed by atoms with E-state index in [0.717, 1.165) is 0 Å². The van der Waals surface area contributed by atoms with Crippen molar-refractivity contribution in [3.63, 3.8) is 0 Å². The Hall–Kier alpha value is -1.69. The summed E-state index contributed by atoms with van der Waals surface area (Å²) in [5, 5.41) is 3.85. The zero-order chi connectivity index (χ0) is 11.5. The fraction of sp³-hybridized carbons (Fsp3) is 0.222. The smallest absolute Gasteiger partial charge is 0.342 e. The number of hydrogen-bond acceptors (Lipinski definition) is 4. The lowest BCUT2D eigenvalue weighted by molar-refractivity contribution is 0.390. The fourth-order valence-corrected chi connectivity index (χ4v) is 1.30. The Morgan fingerprint density at radius 2 is 2.31 bits per heavy atom. The molecule has 2 heterocycles. The molecule has 0 N–H and O–H groups in total. The van der Waals surface area contributed by atoms with Gasteiger partial charge in [0.1, 0.15) is 6.33 Å². The number of alkyl halides is 1. The molecule has 0 saturated heterocycles. The third kappa shape index (κ3) is 2.11. The van der Waals surface area contributed by atoms with Gasteiger partial charge >= 0.3 is 6.01 Å². The van der Waals surface area contributed by atoms with Crippen LogP contribution in [0.5, 0.6) is 11.9 Å². The molecule has 0 spiro atoms. The van der Waals surface area contributed by atoms with Crippen LogP contribution in [0.2, 0.25) is 0 Å². The third-order valence-corrected chi connectivity index (χ3v) is 2.14. The van der Waals surface area contributed by atoms with E-state index in [1.165, 1.54) is 23.3 Å². The Bertz CT molecular complexity index is 502. The van der Waals surface area contributed by atoms with Gasteiger partial charge in [-0.25, -0.2) is 9.37 Å². The number of aromatic nitrogens is 4. The molecule has 0 fully saturated rings. The van der Waals surface area contributed by atoms with Crippen LogP contribution in [-0.2, 0) is 12.9 Å². The van der Waals surface area contributed by atoms with Crippen LogP contribution in [0.15, 0.2) is 18.6 Å². The van der Waals surface area contributed by atoms with Crippen LogP contribution in [0.3, 0.4) is 0 Å². The molecular weight excluding hydrogens is 235 g/mol. The van der Waals surface area contributed by atoms with Gasteiger partial charge in [-0.2, -0.15) is 4.98 Å². The summed E-state index contributed by atoms with van der Waals surface area (Å²) < 4.78 is 20.2. The predicted octanol–water partition coefficient (Wildman–Crippen LogP) is 1.88. The first-order valence-electron chi connectivity index (χ1n) is 4.43. The molecule has 0 atom stereocenters. The molecule has 0 aliphatic heterocycles. The molecule has 0 unspecified atom stereocenters. The Kier molecular flexibility index (Phi) is 3.00. The van der Waals surface area contributed by atoms with E-state index in [-0.39, 0.29) is 17.8 Å². The Morgan fingerprint density at radius 1 is 1.50 bits per heavy atom. The summed E-state index contributed by atoms with van der Waals surface area (Å²) in [4.78, 5) is 7.54. The minimum absolute atomic E-state index is 0.0422. The molecule has 0 bridgehead atoms. The summed E-state index contributed by atoms with van der Waals surface area (Å²) in [5.74, 6) is -0.713. The number of ether oxygens (including phenoxy) is 1. The van der Waals surface area contributed by atoms with Crippen LogP contribution in [0.1, 0.15) is 5.56 Å². The largest absolute Gasteiger partial charge is 0.401 e. The molecule has 0 saturated carbocycles. The molecule has 0 aliphatic rings. The molecule has 7 heteroatoms. The van der Waals surface area contributed by atoms with Crippen molar-refractivity contribution in [2.45, 2.75) is 5.88 Å². The minimum atomic E-state index is -0.593. The second-order valence-corrected chi connectivity index (χ2v) is 3.29. The monoisotopic (exact) mass is 242 g/mol. The summed E-state index contributed by atoms with van der Waals surface area (Å²) in [6, 6.07) is 1.53. The normalized spacial score (nSPS) is 10.4. The topological polar surface area (TPSA) is 52.8 Å². The summed E-state index contributed by atoms with van der Waals surface area (Å²) in [5.41, 5.74) is 0.322. The van der Waals surface area contributed by atoms with E-state index in [1.807, 2.05) is 0 Å². The second-order valence-electron chi connectivity index (χ2n) is 3.03. The lowest BCUT2D eigenvalue weighted by Gasteiger charge is -2.03. The van der Waals surface area contributed by atoms with Gasteiger partial charge in [0, 0.05) is 18.8 Å². The van der Waals surface area contributed by atoms with Crippen molar-refractivity contribution in [1.29, 1.82) is 0 Å². The number of hydrogen-bond donors (Lipinski definition) is 0. The first-order chi connectivity index (χ1) is 7.70. The molecule has 2 aromatic heterocycles. The van der Waals surface area contributed by atoms with Gasteiger partial charge in [-0.05, 0) is 6.07 Å². The van der Waals surface area contributed by atoms with Crippen LogP contribution in [0.4, 0.5) is 4.39 Å². The molecular formula is C9H8ClFN4O. The van der Waals surface area contributed by atoms with Gasteiger partial charge in [0.05, 0.1) is 5.88 Å². The van der Waals surface area contributed by atoms with Crippen LogP contribution in [0.25, 0.3) is 0 Å². The predicted molar refractivity (Wildman–Crippen MR) is 54.8 cm³/mol. The van der Waals surface area contributed by atoms with Crippen molar-refractivity contribution in [3.8, 4) is 11.9 Å². The van der Waals surface area contributed by atoms with Crippen molar-refractivity contribution in [2.24, 2.45) is 7.05 Å². The van der Waals surface area contributed by atoms with E-state index in [2.05, 4.69) is 15.1 Å². The SMILES string of the molecule is Cn1cnc(Oc2nccc(CCl)c2F)n1. The third-order valence-electron chi connectivity index (χ3n) is 1.85. The highest BCUT2D eigenvalue weighted by molar-refractivity contribution is 6.17. The highest BCUT2D eigenvalue weighted by Crippen LogP contribution is 2.22. The van der Waals surface area contributed by atoms with Crippen molar-refractivity contribution in [1.82, 2.24) is 19.7 Å². The highest BCUT2D eigenvalue weighted by atomic mass is 35.5. The number of aryl methyl sites for hydroxylation is 1. The Labute approximate surface area is 95.8 Å². The van der Waals surface area contributed by atoms with Gasteiger partial charge < -0.3 is 4.74 Å². The maximum absolute atomic E-state index is 13.6. The molecule has 16 heavy (non-hydrogen) atoms. The average molecular weight is 243 g/mol. The maximum atomic E-state index is 13.6. The first-order valence-corrected chi connectivity index (χ1v) is 4.97. The molecule has 0 aliphatic carbocycles. The van der Waals surface area contributed by atoms with E-state index in [1.54, 1.807) is 7.05 Å². The maximum Gasteiger partial charge on any atom is 0.342 e. The second kappa shape index (κ2) is 4.44. The molecule has 5 nitrogen and oxygen atoms in total. The number of nitrogens with zero attached hydrogens (tertiary/aromatic N) is 4. The van der Waals surface area contributed by atoms with Crippen molar-refractivity contribution < 1.29 is 9.13 Å². The van der Waals surface area contributed by atoms with Crippen LogP contribution < -0.4 is 4.74 Å². The summed E-state index contributed by atoms with van der Waals surface area (Å²) >= 11 is 5.55. The zero-order valence-corrected chi connectivity index (χ0v) is 9.15. The molecule has 0 aromatic carbocycles. The van der Waals surface area contributed by atoms with E-state index in [4.69, 9.17) is 16.3 Å². The fourth-order valence-electron chi connectivity index (χ4n) is 1.09. The zero-order valence-electron chi connectivity index (χ0n) is 8.39. The van der Waals surface area contributed by atoms with Crippen molar-refractivity contribution in [2.75, 3.05) is 0 Å². The number of pyridine rings is 1. The standard InChI is InChI=1S/C9H8ClFN4O/c1-15-5-13-9(14-15)16-8-7(11)6(4-10)2-3-12-8/h2-3,5H,4H2,1H3. The first kappa shape index (κ1) is 10.8. The minimum Gasteiger partial charge on any atom is -0.401 e. The molecule has 84 valence electrons. The van der Waals surface area contributed by atoms with Gasteiger partial charge in [-0.3, -0.25) is 4.68 Å². The van der Waals surface area contributed by atoms with Crippen molar-refractivity contribution >= 4 is 11.6 Å². The van der Waals surface area contributed by atoms with Crippen LogP contribution in [-0.4, -0.2) is 19.7 Å². The van der Waals surface area contributed by atoms with E-state index in [0.29, 0.717) is 5.56 Å². The highest BCUT2D eigenvalue weighted by Gasteiger charge is 2.12. The van der Waals surface area contributed by atoms with Crippen LogP contribution in [0, 0.1) is 5.82 Å². The molecule has 0 radical (unpaired) electrons. The molecule has 2 aromatic rings. The van der Waals surface area contributed by atoms with Crippen molar-refractivity contribution in [3.05, 3.63) is 30.0 Å². The lowest BCUT2D eigenvalue weighted by atomic mass is 10.3. The quantitative estimate of drug-likeness (QED) is 0.771. The number of rotatable bonds is 3. The van der Waals surface area contributed by atoms with Crippen LogP contribution >= 0.6 is 11.6 Å². The van der Waals surface area contributed by atoms with Gasteiger partial charge in [0.2, 0.25) is 0 Å². The summed E-state index contributed by atoms with van der Waals surface area (Å²) in [6.45, 7) is 0. The van der Waals surface area contributed by atoms with Gasteiger partial charge in [0.25, 0.3) is 5.88 Å². The summed E-state index contributed by atoms with van der Waals surface area (Å²) in [6.07, 6.45) is 2.86. The van der Waals surface area contributed by atoms with Gasteiger partial charge in [-0.1, -0.05) is 0 Å². The van der Waals surface area contributed by atoms with Gasteiger partial charge in [0.15, 0.2) is 5.82 Å². The number of halogens is 2. The Morgan fingerprint density at radius 3 is 2.94 bits per heavy atom. The average Bonchev–Trinajstić information content (AvgIpc) is 2.67. The Balaban J connectivity index is 2.28. The van der Waals surface area contributed by atoms with E-state index < -0.39 is 5.82 Å².